The molecule has 0 amide bonds. The molecule has 7 nitrogen and oxygen atoms in total. The van der Waals surface area contributed by atoms with Crippen LogP contribution in [-0.2, 0) is 4.74 Å². The van der Waals surface area contributed by atoms with Crippen LogP contribution < -0.4 is 10.1 Å². The van der Waals surface area contributed by atoms with E-state index in [-0.39, 0.29) is 6.04 Å². The number of morpholine rings is 1. The van der Waals surface area contributed by atoms with Crippen molar-refractivity contribution in [1.29, 1.82) is 0 Å². The van der Waals surface area contributed by atoms with Gasteiger partial charge in [0, 0.05) is 31.2 Å². The lowest BCUT2D eigenvalue weighted by atomic mass is 10.1. The number of benzene rings is 2. The summed E-state index contributed by atoms with van der Waals surface area (Å²) in [4.78, 5) is 14.9. The highest BCUT2D eigenvalue weighted by Crippen LogP contribution is 2.33. The number of imidazole rings is 1. The normalized spacial score (nSPS) is 15.4. The first kappa shape index (κ1) is 22.7. The summed E-state index contributed by atoms with van der Waals surface area (Å²) in [6.07, 6.45) is 1.64. The number of hydrogen-bond acceptors (Lipinski definition) is 6. The molecule has 0 aliphatic carbocycles. The fourth-order valence-corrected chi connectivity index (χ4v) is 4.28. The quantitative estimate of drug-likeness (QED) is 0.365. The van der Waals surface area contributed by atoms with E-state index in [1.165, 1.54) is 5.56 Å². The van der Waals surface area contributed by atoms with Gasteiger partial charge in [0.1, 0.15) is 23.7 Å². The summed E-state index contributed by atoms with van der Waals surface area (Å²) in [7, 11) is 0. The number of aromatic nitrogens is 3. The molecule has 5 rings (SSSR count). The summed E-state index contributed by atoms with van der Waals surface area (Å²) in [5.41, 5.74) is 4.33. The lowest BCUT2D eigenvalue weighted by Crippen LogP contribution is -2.38. The molecule has 0 radical (unpaired) electrons. The summed E-state index contributed by atoms with van der Waals surface area (Å²) in [6, 6.07) is 18.3. The van der Waals surface area contributed by atoms with Gasteiger partial charge in [-0.25, -0.2) is 9.97 Å². The maximum atomic E-state index is 6.52. The lowest BCUT2D eigenvalue weighted by Gasteiger charge is -2.26. The molecule has 1 aliphatic rings. The minimum absolute atomic E-state index is 0.0740. The van der Waals surface area contributed by atoms with Gasteiger partial charge >= 0.3 is 0 Å². The predicted octanol–water partition coefficient (Wildman–Crippen LogP) is 5.16. The molecule has 1 unspecified atom stereocenters. The summed E-state index contributed by atoms with van der Waals surface area (Å²) in [5.74, 6) is 1.58. The van der Waals surface area contributed by atoms with Crippen LogP contribution in [0.25, 0.3) is 22.6 Å². The Hall–Kier alpha value is -3.13. The number of anilines is 1. The van der Waals surface area contributed by atoms with Crippen LogP contribution in [0.1, 0.15) is 18.5 Å². The van der Waals surface area contributed by atoms with Crippen LogP contribution in [0.2, 0.25) is 5.02 Å². The molecule has 2 aromatic heterocycles. The molecule has 2 N–H and O–H groups in total. The van der Waals surface area contributed by atoms with E-state index in [4.69, 9.17) is 26.1 Å². The number of pyridine rings is 1. The number of hydrogen-bond donors (Lipinski definition) is 2. The van der Waals surface area contributed by atoms with E-state index in [9.17, 15) is 0 Å². The summed E-state index contributed by atoms with van der Waals surface area (Å²) < 4.78 is 11.3. The molecule has 4 aromatic rings. The van der Waals surface area contributed by atoms with E-state index in [1.807, 2.05) is 42.5 Å². The Kier molecular flexibility index (Phi) is 6.94. The molecule has 0 bridgehead atoms. The molecule has 0 spiro atoms. The van der Waals surface area contributed by atoms with Crippen molar-refractivity contribution in [3.63, 3.8) is 0 Å². The smallest absolute Gasteiger partial charge is 0.180 e. The van der Waals surface area contributed by atoms with Gasteiger partial charge in [-0.05, 0) is 36.8 Å². The lowest BCUT2D eigenvalue weighted by molar-refractivity contribution is 0.0322. The summed E-state index contributed by atoms with van der Waals surface area (Å²) >= 11 is 6.52. The fourth-order valence-electron chi connectivity index (χ4n) is 4.08. The number of aromatic amines is 1. The van der Waals surface area contributed by atoms with Crippen LogP contribution in [0, 0.1) is 0 Å². The first-order valence-electron chi connectivity index (χ1n) is 11.6. The number of rotatable bonds is 8. The van der Waals surface area contributed by atoms with Crippen LogP contribution in [-0.4, -0.2) is 59.3 Å². The first-order chi connectivity index (χ1) is 16.7. The van der Waals surface area contributed by atoms with E-state index in [2.05, 4.69) is 39.2 Å². The third kappa shape index (κ3) is 5.17. The van der Waals surface area contributed by atoms with Crippen molar-refractivity contribution in [3.05, 3.63) is 71.4 Å². The standard InChI is InChI=1S/C26H28ClN5O2/c1-18(19-5-3-2-4-6-19)29-23-22(27)17-28-26-24(23)30-25(31-26)20-7-9-21(10-8-20)34-16-13-32-11-14-33-15-12-32/h2-10,17-18H,11-16H2,1H3,(H2,28,29,30,31). The number of H-pyrrole nitrogens is 1. The van der Waals surface area contributed by atoms with Gasteiger partial charge in [-0.15, -0.1) is 0 Å². The van der Waals surface area contributed by atoms with Gasteiger partial charge in [-0.1, -0.05) is 41.9 Å². The zero-order chi connectivity index (χ0) is 23.3. The minimum Gasteiger partial charge on any atom is -0.492 e. The number of halogens is 1. The Morgan fingerprint density at radius 3 is 2.65 bits per heavy atom. The van der Waals surface area contributed by atoms with Crippen LogP contribution in [0.3, 0.4) is 0 Å². The van der Waals surface area contributed by atoms with Crippen LogP contribution >= 0.6 is 11.6 Å². The molecule has 1 saturated heterocycles. The van der Waals surface area contributed by atoms with Gasteiger partial charge in [-0.3, -0.25) is 4.90 Å². The van der Waals surface area contributed by atoms with Crippen molar-refractivity contribution >= 4 is 28.5 Å². The number of nitrogens with zero attached hydrogens (tertiary/aromatic N) is 3. The third-order valence-electron chi connectivity index (χ3n) is 6.04. The van der Waals surface area contributed by atoms with Gasteiger partial charge in [0.05, 0.1) is 30.1 Å². The molecule has 176 valence electrons. The largest absolute Gasteiger partial charge is 0.492 e. The average Bonchev–Trinajstić information content (AvgIpc) is 3.32. The van der Waals surface area contributed by atoms with Crippen molar-refractivity contribution < 1.29 is 9.47 Å². The van der Waals surface area contributed by atoms with E-state index in [1.54, 1.807) is 6.20 Å². The Labute approximate surface area is 204 Å². The van der Waals surface area contributed by atoms with Gasteiger partial charge in [0.25, 0.3) is 0 Å². The molecule has 1 fully saturated rings. The highest BCUT2D eigenvalue weighted by molar-refractivity contribution is 6.34. The van der Waals surface area contributed by atoms with Gasteiger partial charge in [0.15, 0.2) is 5.65 Å². The molecule has 0 saturated carbocycles. The van der Waals surface area contributed by atoms with Crippen LogP contribution in [0.5, 0.6) is 5.75 Å². The second-order valence-corrected chi connectivity index (χ2v) is 8.78. The minimum atomic E-state index is 0.0740. The number of fused-ring (bicyclic) bond motifs is 1. The maximum Gasteiger partial charge on any atom is 0.180 e. The molecule has 1 aliphatic heterocycles. The van der Waals surface area contributed by atoms with E-state index >= 15 is 0 Å². The highest BCUT2D eigenvalue weighted by Gasteiger charge is 2.16. The van der Waals surface area contributed by atoms with E-state index < -0.39 is 0 Å². The van der Waals surface area contributed by atoms with E-state index in [0.717, 1.165) is 61.2 Å². The molecular formula is C26H28ClN5O2. The van der Waals surface area contributed by atoms with Crippen LogP contribution in [0.4, 0.5) is 5.69 Å². The van der Waals surface area contributed by atoms with Crippen molar-refractivity contribution in [2.24, 2.45) is 0 Å². The Morgan fingerprint density at radius 2 is 1.88 bits per heavy atom. The zero-order valence-electron chi connectivity index (χ0n) is 19.1. The Bertz CT molecular complexity index is 1220. The maximum absolute atomic E-state index is 6.52. The van der Waals surface area contributed by atoms with Gasteiger partial charge in [0.2, 0.25) is 0 Å². The topological polar surface area (TPSA) is 75.3 Å². The number of nitrogens with one attached hydrogen (secondary N) is 2. The number of ether oxygens (including phenoxy) is 2. The van der Waals surface area contributed by atoms with E-state index in [0.29, 0.717) is 17.3 Å². The summed E-state index contributed by atoms with van der Waals surface area (Å²) in [5, 5.41) is 4.07. The first-order valence-corrected chi connectivity index (χ1v) is 11.9. The monoisotopic (exact) mass is 477 g/mol. The second kappa shape index (κ2) is 10.4. The Balaban J connectivity index is 1.29. The van der Waals surface area contributed by atoms with Crippen molar-refractivity contribution in [1.82, 2.24) is 19.9 Å². The second-order valence-electron chi connectivity index (χ2n) is 8.37. The highest BCUT2D eigenvalue weighted by atomic mass is 35.5. The summed E-state index contributed by atoms with van der Waals surface area (Å²) in [6.45, 7) is 7.19. The molecular weight excluding hydrogens is 450 g/mol. The molecule has 1 atom stereocenters. The predicted molar refractivity (Wildman–Crippen MR) is 136 cm³/mol. The zero-order valence-corrected chi connectivity index (χ0v) is 19.9. The SMILES string of the molecule is CC(Nc1c(Cl)cnc2nc(-c3ccc(OCCN4CCOCC4)cc3)[nH]c12)c1ccccc1. The molecule has 3 heterocycles. The molecule has 8 heteroatoms. The third-order valence-corrected chi connectivity index (χ3v) is 6.33. The molecule has 34 heavy (non-hydrogen) atoms. The van der Waals surface area contributed by atoms with Crippen molar-refractivity contribution in [3.8, 4) is 17.1 Å². The van der Waals surface area contributed by atoms with Crippen molar-refractivity contribution in [2.45, 2.75) is 13.0 Å². The fraction of sp³-hybridized carbons (Fsp3) is 0.308. The Morgan fingerprint density at radius 1 is 1.12 bits per heavy atom. The molecule has 2 aromatic carbocycles. The van der Waals surface area contributed by atoms with Crippen LogP contribution in [0.15, 0.2) is 60.8 Å². The van der Waals surface area contributed by atoms with Gasteiger partial charge < -0.3 is 19.8 Å². The van der Waals surface area contributed by atoms with Crippen molar-refractivity contribution in [2.75, 3.05) is 44.8 Å². The van der Waals surface area contributed by atoms with Gasteiger partial charge in [-0.2, -0.15) is 0 Å². The average molecular weight is 478 g/mol.